The van der Waals surface area contributed by atoms with Gasteiger partial charge in [-0.05, 0) is 19.1 Å². The maximum Gasteiger partial charge on any atom is 0.269 e. The number of amides is 2. The summed E-state index contributed by atoms with van der Waals surface area (Å²) in [5, 5.41) is 10.3. The molecule has 2 N–H and O–H groups in total. The van der Waals surface area contributed by atoms with Crippen LogP contribution in [-0.4, -0.2) is 44.6 Å². The standard InChI is InChI=1S/C28H22ClFN6O3/c1-15-10-11-36-28(39-15)21(23(35-36)17-12-18(29)14-31-13-17)26(37)34-25-27(38)33-24-19(8-5-9-20(24)30)22(32-25)16-6-3-2-4-7-16/h2-9,12-15,25H,10-11H2,1H3,(H,33,38)(H,34,37)/t15-,25-/m1/s1. The van der Waals surface area contributed by atoms with Crippen molar-refractivity contribution in [3.8, 4) is 17.1 Å². The van der Waals surface area contributed by atoms with Crippen molar-refractivity contribution in [2.45, 2.75) is 32.2 Å². The van der Waals surface area contributed by atoms with Gasteiger partial charge in [-0.3, -0.25) is 14.6 Å². The molecule has 2 atom stereocenters. The summed E-state index contributed by atoms with van der Waals surface area (Å²) in [5.41, 5.74) is 2.36. The van der Waals surface area contributed by atoms with Crippen molar-refractivity contribution in [1.29, 1.82) is 0 Å². The van der Waals surface area contributed by atoms with Gasteiger partial charge >= 0.3 is 0 Å². The molecule has 196 valence electrons. The van der Waals surface area contributed by atoms with Crippen LogP contribution in [0.2, 0.25) is 5.02 Å². The number of halogens is 2. The van der Waals surface area contributed by atoms with E-state index in [9.17, 15) is 14.0 Å². The predicted octanol–water partition coefficient (Wildman–Crippen LogP) is 4.45. The number of nitrogens with zero attached hydrogens (tertiary/aromatic N) is 4. The van der Waals surface area contributed by atoms with Crippen LogP contribution in [0.25, 0.3) is 11.3 Å². The second-order valence-corrected chi connectivity index (χ2v) is 9.67. The molecule has 0 spiro atoms. The van der Waals surface area contributed by atoms with Gasteiger partial charge in [0.1, 0.15) is 17.1 Å². The molecule has 0 fully saturated rings. The number of pyridine rings is 1. The molecule has 0 bridgehead atoms. The Hall–Kier alpha value is -4.57. The zero-order valence-electron chi connectivity index (χ0n) is 20.7. The molecule has 39 heavy (non-hydrogen) atoms. The van der Waals surface area contributed by atoms with Crippen molar-refractivity contribution < 1.29 is 18.7 Å². The molecule has 9 nitrogen and oxygen atoms in total. The Morgan fingerprint density at radius 3 is 2.77 bits per heavy atom. The van der Waals surface area contributed by atoms with Crippen LogP contribution in [0.1, 0.15) is 34.8 Å². The maximum atomic E-state index is 14.8. The third-order valence-electron chi connectivity index (χ3n) is 6.51. The smallest absolute Gasteiger partial charge is 0.269 e. The number of aliphatic imine (C=N–C) groups is 1. The highest BCUT2D eigenvalue weighted by molar-refractivity contribution is 6.30. The highest BCUT2D eigenvalue weighted by atomic mass is 35.5. The molecule has 0 unspecified atom stereocenters. The molecule has 0 saturated carbocycles. The first-order chi connectivity index (χ1) is 18.9. The first-order valence-corrected chi connectivity index (χ1v) is 12.7. The van der Waals surface area contributed by atoms with E-state index < -0.39 is 23.8 Å². The van der Waals surface area contributed by atoms with E-state index >= 15 is 0 Å². The number of aromatic nitrogens is 3. The Balaban J connectivity index is 1.43. The van der Waals surface area contributed by atoms with Crippen molar-refractivity contribution in [2.24, 2.45) is 4.99 Å². The highest BCUT2D eigenvalue weighted by Crippen LogP contribution is 2.35. The third-order valence-corrected chi connectivity index (χ3v) is 6.72. The van der Waals surface area contributed by atoms with E-state index in [1.165, 1.54) is 12.3 Å². The largest absolute Gasteiger partial charge is 0.474 e. The molecule has 0 saturated heterocycles. The summed E-state index contributed by atoms with van der Waals surface area (Å²) in [4.78, 5) is 35.9. The summed E-state index contributed by atoms with van der Waals surface area (Å²) in [6.45, 7) is 2.44. The molecular formula is C28H22ClFN6O3. The molecule has 2 aliphatic rings. The molecule has 0 radical (unpaired) electrons. The fourth-order valence-corrected chi connectivity index (χ4v) is 4.81. The fraction of sp³-hybridized carbons (Fsp3) is 0.179. The lowest BCUT2D eigenvalue weighted by molar-refractivity contribution is -0.117. The van der Waals surface area contributed by atoms with E-state index in [2.05, 4.69) is 25.7 Å². The average molecular weight is 545 g/mol. The number of hydrogen-bond donors (Lipinski definition) is 2. The minimum absolute atomic E-state index is 0.00684. The number of aryl methyl sites for hydroxylation is 1. The first-order valence-electron chi connectivity index (χ1n) is 12.3. The van der Waals surface area contributed by atoms with Crippen LogP contribution in [0.4, 0.5) is 10.1 Å². The van der Waals surface area contributed by atoms with E-state index in [0.717, 1.165) is 0 Å². The highest BCUT2D eigenvalue weighted by Gasteiger charge is 2.34. The number of carbonyl (C=O) groups excluding carboxylic acids is 2. The molecule has 2 amide bonds. The lowest BCUT2D eigenvalue weighted by Crippen LogP contribution is -2.42. The van der Waals surface area contributed by atoms with Gasteiger partial charge < -0.3 is 15.4 Å². The number of nitrogens with one attached hydrogen (secondary N) is 2. The van der Waals surface area contributed by atoms with Gasteiger partial charge in [-0.25, -0.2) is 14.1 Å². The number of benzene rings is 2. The number of benzodiazepines with no additional fused rings is 1. The number of anilines is 1. The summed E-state index contributed by atoms with van der Waals surface area (Å²) >= 11 is 6.17. The van der Waals surface area contributed by atoms with E-state index in [4.69, 9.17) is 16.3 Å². The number of rotatable bonds is 4. The monoisotopic (exact) mass is 544 g/mol. The van der Waals surface area contributed by atoms with Crippen molar-refractivity contribution in [3.63, 3.8) is 0 Å². The molecule has 6 rings (SSSR count). The van der Waals surface area contributed by atoms with Crippen LogP contribution in [0, 0.1) is 5.82 Å². The van der Waals surface area contributed by atoms with E-state index in [0.29, 0.717) is 46.1 Å². The average Bonchev–Trinajstić information content (AvgIpc) is 3.24. The van der Waals surface area contributed by atoms with E-state index in [1.807, 2.05) is 25.1 Å². The van der Waals surface area contributed by atoms with Gasteiger partial charge in [0.25, 0.3) is 11.8 Å². The van der Waals surface area contributed by atoms with Crippen LogP contribution in [0.3, 0.4) is 0 Å². The normalized spacial score (nSPS) is 18.1. The van der Waals surface area contributed by atoms with Crippen molar-refractivity contribution in [2.75, 3.05) is 5.32 Å². The summed E-state index contributed by atoms with van der Waals surface area (Å²) in [5.74, 6) is -1.66. The zero-order valence-corrected chi connectivity index (χ0v) is 21.4. The van der Waals surface area contributed by atoms with Gasteiger partial charge in [0.2, 0.25) is 12.0 Å². The molecule has 4 heterocycles. The van der Waals surface area contributed by atoms with Gasteiger partial charge in [0, 0.05) is 42.0 Å². The number of carbonyl (C=O) groups is 2. The summed E-state index contributed by atoms with van der Waals surface area (Å²) < 4.78 is 22.5. The lowest BCUT2D eigenvalue weighted by Gasteiger charge is -2.22. The number of ether oxygens (including phenoxy) is 1. The van der Waals surface area contributed by atoms with Crippen LogP contribution < -0.4 is 15.4 Å². The van der Waals surface area contributed by atoms with Crippen molar-refractivity contribution in [3.05, 3.63) is 94.5 Å². The van der Waals surface area contributed by atoms with Crippen LogP contribution in [0.15, 0.2) is 72.0 Å². The van der Waals surface area contributed by atoms with Gasteiger partial charge in [-0.1, -0.05) is 54.1 Å². The Bertz CT molecular complexity index is 1640. The van der Waals surface area contributed by atoms with Gasteiger partial charge in [0.05, 0.1) is 22.5 Å². The SMILES string of the molecule is C[C@@H]1CCn2nc(-c3cncc(Cl)c3)c(C(=O)N[C@H]3N=C(c4ccccc4)c4cccc(F)c4NC3=O)c2O1. The predicted molar refractivity (Wildman–Crippen MR) is 144 cm³/mol. The Labute approximate surface area is 227 Å². The second-order valence-electron chi connectivity index (χ2n) is 9.23. The fourth-order valence-electron chi connectivity index (χ4n) is 4.64. The number of hydrogen-bond acceptors (Lipinski definition) is 6. The van der Waals surface area contributed by atoms with Gasteiger partial charge in [-0.2, -0.15) is 5.10 Å². The van der Waals surface area contributed by atoms with Gasteiger partial charge in [-0.15, -0.1) is 0 Å². The number of para-hydroxylation sites is 1. The Morgan fingerprint density at radius 1 is 1.15 bits per heavy atom. The minimum atomic E-state index is -1.37. The molecular weight excluding hydrogens is 523 g/mol. The summed E-state index contributed by atoms with van der Waals surface area (Å²) in [6, 6.07) is 15.2. The second kappa shape index (κ2) is 9.95. The molecule has 2 aromatic carbocycles. The summed E-state index contributed by atoms with van der Waals surface area (Å²) in [7, 11) is 0. The van der Waals surface area contributed by atoms with Crippen molar-refractivity contribution >= 4 is 34.8 Å². The van der Waals surface area contributed by atoms with Crippen LogP contribution in [0.5, 0.6) is 5.88 Å². The number of fused-ring (bicyclic) bond motifs is 2. The Morgan fingerprint density at radius 2 is 1.97 bits per heavy atom. The van der Waals surface area contributed by atoms with Gasteiger partial charge in [0.15, 0.2) is 0 Å². The third kappa shape index (κ3) is 4.63. The molecule has 2 aromatic heterocycles. The van der Waals surface area contributed by atoms with Crippen molar-refractivity contribution in [1.82, 2.24) is 20.1 Å². The zero-order chi connectivity index (χ0) is 27.1. The van der Waals surface area contributed by atoms with E-state index in [-0.39, 0.29) is 23.2 Å². The Kier molecular flexibility index (Phi) is 6.32. The first kappa shape index (κ1) is 24.7. The summed E-state index contributed by atoms with van der Waals surface area (Å²) in [6.07, 6.45) is 2.21. The molecule has 2 aliphatic heterocycles. The lowest BCUT2D eigenvalue weighted by atomic mass is 10.0. The topological polar surface area (TPSA) is 111 Å². The van der Waals surface area contributed by atoms with Crippen LogP contribution >= 0.6 is 11.6 Å². The van der Waals surface area contributed by atoms with E-state index in [1.54, 1.807) is 41.2 Å². The molecule has 0 aliphatic carbocycles. The molecule has 11 heteroatoms. The quantitative estimate of drug-likeness (QED) is 0.394. The maximum absolute atomic E-state index is 14.8. The molecule has 4 aromatic rings. The minimum Gasteiger partial charge on any atom is -0.474 e. The van der Waals surface area contributed by atoms with Crippen LogP contribution in [-0.2, 0) is 11.3 Å².